The Hall–Kier alpha value is -0.350. The van der Waals surface area contributed by atoms with Crippen LogP contribution in [0.1, 0.15) is 6.42 Å². The molecule has 2 rings (SSSR count). The molecule has 15 heavy (non-hydrogen) atoms. The number of aromatic nitrogens is 1. The van der Waals surface area contributed by atoms with Crippen molar-refractivity contribution in [1.82, 2.24) is 4.98 Å². The van der Waals surface area contributed by atoms with Crippen molar-refractivity contribution in [3.63, 3.8) is 0 Å². The fourth-order valence-electron chi connectivity index (χ4n) is 1.79. The molecular weight excluding hydrogens is 282 g/mol. The van der Waals surface area contributed by atoms with Crippen LogP contribution in [0.4, 0.5) is 10.2 Å². The van der Waals surface area contributed by atoms with E-state index in [1.165, 1.54) is 6.07 Å². The quantitative estimate of drug-likeness (QED) is 0.779. The highest BCUT2D eigenvalue weighted by Gasteiger charge is 2.24. The second-order valence-corrected chi connectivity index (χ2v) is 4.94. The van der Waals surface area contributed by atoms with Gasteiger partial charge < -0.3 is 4.90 Å². The van der Waals surface area contributed by atoms with Crippen LogP contribution in [0.15, 0.2) is 16.7 Å². The molecule has 1 aromatic rings. The summed E-state index contributed by atoms with van der Waals surface area (Å²) < 4.78 is 14.2. The van der Waals surface area contributed by atoms with Crippen molar-refractivity contribution in [1.29, 1.82) is 0 Å². The number of nitrogens with zero attached hydrogens (tertiary/aromatic N) is 2. The average molecular weight is 294 g/mol. The van der Waals surface area contributed by atoms with Crippen molar-refractivity contribution in [3.05, 3.63) is 22.6 Å². The number of alkyl halides is 1. The van der Waals surface area contributed by atoms with Gasteiger partial charge in [-0.15, -0.1) is 11.6 Å². The normalized spacial score (nSPS) is 21.0. The van der Waals surface area contributed by atoms with E-state index in [1.807, 2.05) is 4.90 Å². The predicted molar refractivity (Wildman–Crippen MR) is 62.9 cm³/mol. The minimum Gasteiger partial charge on any atom is -0.354 e. The lowest BCUT2D eigenvalue weighted by molar-refractivity contribution is 0.611. The molecule has 0 amide bonds. The molecule has 2 heterocycles. The molecule has 0 aromatic carbocycles. The third-order valence-corrected chi connectivity index (χ3v) is 3.46. The molecule has 1 aliphatic heterocycles. The van der Waals surface area contributed by atoms with Gasteiger partial charge in [0.15, 0.2) is 11.6 Å². The molecule has 0 saturated carbocycles. The Kier molecular flexibility index (Phi) is 3.46. The van der Waals surface area contributed by atoms with E-state index in [2.05, 4.69) is 20.9 Å². The highest BCUT2D eigenvalue weighted by atomic mass is 79.9. The molecule has 1 aliphatic rings. The van der Waals surface area contributed by atoms with Gasteiger partial charge in [0.25, 0.3) is 0 Å². The van der Waals surface area contributed by atoms with E-state index in [1.54, 1.807) is 6.20 Å². The van der Waals surface area contributed by atoms with E-state index in [-0.39, 0.29) is 5.82 Å². The van der Waals surface area contributed by atoms with Crippen LogP contribution < -0.4 is 4.90 Å². The van der Waals surface area contributed by atoms with Crippen molar-refractivity contribution >= 4 is 33.3 Å². The molecule has 5 heteroatoms. The lowest BCUT2D eigenvalue weighted by Gasteiger charge is -2.17. The average Bonchev–Trinajstić information content (AvgIpc) is 2.66. The molecule has 0 bridgehead atoms. The summed E-state index contributed by atoms with van der Waals surface area (Å²) in [6.07, 6.45) is 2.63. The van der Waals surface area contributed by atoms with Gasteiger partial charge in [0.05, 0.1) is 0 Å². The van der Waals surface area contributed by atoms with Gasteiger partial charge in [-0.3, -0.25) is 0 Å². The predicted octanol–water partition coefficient (Wildman–Crippen LogP) is 3.05. The summed E-state index contributed by atoms with van der Waals surface area (Å²) in [6.45, 7) is 1.64. The highest BCUT2D eigenvalue weighted by Crippen LogP contribution is 2.26. The zero-order chi connectivity index (χ0) is 10.8. The van der Waals surface area contributed by atoms with Gasteiger partial charge in [-0.1, -0.05) is 0 Å². The first-order valence-electron chi connectivity index (χ1n) is 4.82. The Balaban J connectivity index is 2.17. The molecule has 0 spiro atoms. The first-order chi connectivity index (χ1) is 7.20. The number of halogens is 3. The number of hydrogen-bond acceptors (Lipinski definition) is 2. The monoisotopic (exact) mass is 292 g/mol. The summed E-state index contributed by atoms with van der Waals surface area (Å²) in [7, 11) is 0. The zero-order valence-electron chi connectivity index (χ0n) is 8.09. The SMILES string of the molecule is Fc1cc(Br)cnc1N1CCC(CCl)C1. The van der Waals surface area contributed by atoms with Crippen LogP contribution in [0.2, 0.25) is 0 Å². The van der Waals surface area contributed by atoms with Crippen molar-refractivity contribution in [2.75, 3.05) is 23.9 Å². The second-order valence-electron chi connectivity index (χ2n) is 3.71. The van der Waals surface area contributed by atoms with Crippen LogP contribution in [0.5, 0.6) is 0 Å². The van der Waals surface area contributed by atoms with E-state index < -0.39 is 0 Å². The standard InChI is InChI=1S/C10H11BrClFN2/c11-8-3-9(13)10(14-5-8)15-2-1-7(4-12)6-15/h3,5,7H,1-2,4,6H2. The summed E-state index contributed by atoms with van der Waals surface area (Å²) in [4.78, 5) is 6.04. The van der Waals surface area contributed by atoms with Crippen LogP contribution in [0.3, 0.4) is 0 Å². The molecule has 1 atom stereocenters. The Morgan fingerprint density at radius 3 is 3.07 bits per heavy atom. The smallest absolute Gasteiger partial charge is 0.166 e. The van der Waals surface area contributed by atoms with Crippen molar-refractivity contribution in [2.24, 2.45) is 5.92 Å². The molecule has 1 fully saturated rings. The minimum absolute atomic E-state index is 0.278. The highest BCUT2D eigenvalue weighted by molar-refractivity contribution is 9.10. The van der Waals surface area contributed by atoms with Gasteiger partial charge in [-0.25, -0.2) is 9.37 Å². The Morgan fingerprint density at radius 2 is 2.47 bits per heavy atom. The maximum atomic E-state index is 13.6. The molecule has 1 saturated heterocycles. The van der Waals surface area contributed by atoms with Crippen LogP contribution in [-0.2, 0) is 0 Å². The summed E-state index contributed by atoms with van der Waals surface area (Å²) in [6, 6.07) is 1.44. The van der Waals surface area contributed by atoms with E-state index in [4.69, 9.17) is 11.6 Å². The Morgan fingerprint density at radius 1 is 1.67 bits per heavy atom. The van der Waals surface area contributed by atoms with E-state index in [0.717, 1.165) is 19.5 Å². The van der Waals surface area contributed by atoms with Crippen molar-refractivity contribution in [3.8, 4) is 0 Å². The van der Waals surface area contributed by atoms with Gasteiger partial charge in [0.2, 0.25) is 0 Å². The maximum Gasteiger partial charge on any atom is 0.166 e. The molecule has 1 unspecified atom stereocenters. The molecule has 2 nitrogen and oxygen atoms in total. The van der Waals surface area contributed by atoms with Crippen molar-refractivity contribution < 1.29 is 4.39 Å². The zero-order valence-corrected chi connectivity index (χ0v) is 10.4. The van der Waals surface area contributed by atoms with E-state index in [9.17, 15) is 4.39 Å². The topological polar surface area (TPSA) is 16.1 Å². The van der Waals surface area contributed by atoms with Gasteiger partial charge in [0.1, 0.15) is 0 Å². The van der Waals surface area contributed by atoms with Crippen molar-refractivity contribution in [2.45, 2.75) is 6.42 Å². The van der Waals surface area contributed by atoms with Gasteiger partial charge >= 0.3 is 0 Å². The molecule has 0 aliphatic carbocycles. The van der Waals surface area contributed by atoms with E-state index in [0.29, 0.717) is 22.1 Å². The van der Waals surface area contributed by atoms with E-state index >= 15 is 0 Å². The lowest BCUT2D eigenvalue weighted by atomic mass is 10.2. The van der Waals surface area contributed by atoms with Crippen LogP contribution in [0.25, 0.3) is 0 Å². The fourth-order valence-corrected chi connectivity index (χ4v) is 2.35. The first-order valence-corrected chi connectivity index (χ1v) is 6.15. The van der Waals surface area contributed by atoms with Gasteiger partial charge in [0, 0.05) is 29.6 Å². The number of rotatable bonds is 2. The molecule has 82 valence electrons. The van der Waals surface area contributed by atoms with Crippen LogP contribution in [0, 0.1) is 11.7 Å². The third-order valence-electron chi connectivity index (χ3n) is 2.59. The summed E-state index contributed by atoms with van der Waals surface area (Å²) >= 11 is 8.97. The fraction of sp³-hybridized carbons (Fsp3) is 0.500. The summed E-state index contributed by atoms with van der Waals surface area (Å²) in [5, 5.41) is 0. The molecule has 0 N–H and O–H groups in total. The number of anilines is 1. The summed E-state index contributed by atoms with van der Waals surface area (Å²) in [5.41, 5.74) is 0. The van der Waals surface area contributed by atoms with Crippen LogP contribution >= 0.6 is 27.5 Å². The van der Waals surface area contributed by atoms with Crippen LogP contribution in [-0.4, -0.2) is 24.0 Å². The largest absolute Gasteiger partial charge is 0.354 e. The molecular formula is C10H11BrClFN2. The lowest BCUT2D eigenvalue weighted by Crippen LogP contribution is -2.22. The first kappa shape index (κ1) is 11.1. The summed E-state index contributed by atoms with van der Waals surface area (Å²) in [5.74, 6) is 1.25. The Labute approximate surface area is 102 Å². The number of hydrogen-bond donors (Lipinski definition) is 0. The third kappa shape index (κ3) is 2.42. The van der Waals surface area contributed by atoms with Gasteiger partial charge in [-0.05, 0) is 34.3 Å². The minimum atomic E-state index is -0.278. The Bertz CT molecular complexity index is 361. The molecule has 0 radical (unpaired) electrons. The maximum absolute atomic E-state index is 13.6. The van der Waals surface area contributed by atoms with Gasteiger partial charge in [-0.2, -0.15) is 0 Å². The number of pyridine rings is 1. The molecule has 1 aromatic heterocycles. The second kappa shape index (κ2) is 4.66.